The number of thiazole rings is 1. The van der Waals surface area contributed by atoms with E-state index in [2.05, 4.69) is 24.4 Å². The zero-order valence-corrected chi connectivity index (χ0v) is 16.4. The summed E-state index contributed by atoms with van der Waals surface area (Å²) in [6.45, 7) is 7.26. The highest BCUT2D eigenvalue weighted by atomic mass is 32.1. The summed E-state index contributed by atoms with van der Waals surface area (Å²) >= 11 is 1.82. The Bertz CT molecular complexity index is 735. The summed E-state index contributed by atoms with van der Waals surface area (Å²) in [7, 11) is 1.98. The van der Waals surface area contributed by atoms with Gasteiger partial charge in [-0.15, -0.1) is 11.3 Å². The molecule has 0 spiro atoms. The second-order valence-electron chi connectivity index (χ2n) is 7.18. The lowest BCUT2D eigenvalue weighted by Crippen LogP contribution is -2.30. The number of hydrogen-bond acceptors (Lipinski definition) is 4. The Morgan fingerprint density at radius 3 is 2.56 bits per heavy atom. The molecule has 5 heteroatoms. The van der Waals surface area contributed by atoms with Crippen molar-refractivity contribution in [3.63, 3.8) is 0 Å². The second-order valence-corrected chi connectivity index (χ2v) is 8.35. The zero-order chi connectivity index (χ0) is 18.0. The van der Waals surface area contributed by atoms with Crippen molar-refractivity contribution in [2.75, 3.05) is 18.9 Å². The number of rotatable bonds is 5. The van der Waals surface area contributed by atoms with Crippen LogP contribution in [0, 0.1) is 20.8 Å². The van der Waals surface area contributed by atoms with E-state index in [0.717, 1.165) is 34.8 Å². The Morgan fingerprint density at radius 1 is 1.20 bits per heavy atom. The topological polar surface area (TPSA) is 45.2 Å². The molecule has 0 saturated heterocycles. The predicted octanol–water partition coefficient (Wildman–Crippen LogP) is 4.02. The summed E-state index contributed by atoms with van der Waals surface area (Å²) in [6.07, 6.45) is 4.82. The molecule has 4 nitrogen and oxygen atoms in total. The van der Waals surface area contributed by atoms with Crippen molar-refractivity contribution >= 4 is 22.9 Å². The number of hydrogen-bond donors (Lipinski definition) is 1. The van der Waals surface area contributed by atoms with Gasteiger partial charge >= 0.3 is 0 Å². The van der Waals surface area contributed by atoms with Crippen LogP contribution in [-0.2, 0) is 24.2 Å². The number of fused-ring (bicyclic) bond motifs is 1. The molecule has 1 aromatic heterocycles. The van der Waals surface area contributed by atoms with Gasteiger partial charge in [-0.1, -0.05) is 17.7 Å². The highest BCUT2D eigenvalue weighted by Crippen LogP contribution is 2.27. The van der Waals surface area contributed by atoms with Crippen LogP contribution in [0.25, 0.3) is 0 Å². The molecule has 0 unspecified atom stereocenters. The summed E-state index contributed by atoms with van der Waals surface area (Å²) in [4.78, 5) is 20.7. The van der Waals surface area contributed by atoms with Crippen LogP contribution >= 0.6 is 11.3 Å². The smallest absolute Gasteiger partial charge is 0.238 e. The lowest BCUT2D eigenvalue weighted by molar-refractivity contribution is -0.117. The monoisotopic (exact) mass is 357 g/mol. The summed E-state index contributed by atoms with van der Waals surface area (Å²) < 4.78 is 0. The van der Waals surface area contributed by atoms with Crippen LogP contribution in [0.3, 0.4) is 0 Å². The van der Waals surface area contributed by atoms with Gasteiger partial charge in [-0.25, -0.2) is 4.98 Å². The summed E-state index contributed by atoms with van der Waals surface area (Å²) in [6, 6.07) is 4.21. The molecule has 0 aliphatic heterocycles. The fourth-order valence-corrected chi connectivity index (χ4v) is 4.80. The SMILES string of the molecule is Cc1cc(C)c(NC(=O)CN(C)Cc2nc3c(s2)CCCC3)c(C)c1. The number of nitrogens with zero attached hydrogens (tertiary/aromatic N) is 2. The van der Waals surface area contributed by atoms with Gasteiger partial charge in [0.1, 0.15) is 5.01 Å². The number of likely N-dealkylation sites (N-methyl/N-ethyl adjacent to an activating group) is 1. The number of amides is 1. The van der Waals surface area contributed by atoms with Gasteiger partial charge < -0.3 is 5.32 Å². The number of carbonyl (C=O) groups is 1. The molecule has 1 N–H and O–H groups in total. The first-order valence-corrected chi connectivity index (χ1v) is 9.77. The first-order chi connectivity index (χ1) is 11.9. The highest BCUT2D eigenvalue weighted by molar-refractivity contribution is 7.11. The average Bonchev–Trinajstić information content (AvgIpc) is 2.92. The number of aromatic nitrogens is 1. The summed E-state index contributed by atoms with van der Waals surface area (Å²) in [5.74, 6) is 0.0267. The molecule has 1 heterocycles. The van der Waals surface area contributed by atoms with Crippen LogP contribution in [0.1, 0.15) is 45.1 Å². The first-order valence-electron chi connectivity index (χ1n) is 8.96. The molecule has 2 aromatic rings. The maximum atomic E-state index is 12.4. The van der Waals surface area contributed by atoms with Crippen LogP contribution in [0.5, 0.6) is 0 Å². The van der Waals surface area contributed by atoms with Gasteiger partial charge in [-0.3, -0.25) is 9.69 Å². The first kappa shape index (κ1) is 18.1. The van der Waals surface area contributed by atoms with Crippen molar-refractivity contribution in [1.82, 2.24) is 9.88 Å². The molecule has 3 rings (SSSR count). The summed E-state index contributed by atoms with van der Waals surface area (Å²) in [5, 5.41) is 4.20. The minimum atomic E-state index is 0.0267. The molecule has 0 atom stereocenters. The molecule has 0 radical (unpaired) electrons. The second kappa shape index (κ2) is 7.67. The quantitative estimate of drug-likeness (QED) is 0.879. The van der Waals surface area contributed by atoms with E-state index in [-0.39, 0.29) is 5.91 Å². The van der Waals surface area contributed by atoms with E-state index in [1.165, 1.54) is 35.4 Å². The van der Waals surface area contributed by atoms with Crippen LogP contribution in [0.2, 0.25) is 0 Å². The highest BCUT2D eigenvalue weighted by Gasteiger charge is 2.17. The van der Waals surface area contributed by atoms with Crippen LogP contribution in [0.15, 0.2) is 12.1 Å². The van der Waals surface area contributed by atoms with E-state index >= 15 is 0 Å². The van der Waals surface area contributed by atoms with E-state index in [0.29, 0.717) is 6.54 Å². The zero-order valence-electron chi connectivity index (χ0n) is 15.6. The van der Waals surface area contributed by atoms with Gasteiger partial charge in [0.15, 0.2) is 0 Å². The fraction of sp³-hybridized carbons (Fsp3) is 0.500. The van der Waals surface area contributed by atoms with Gasteiger partial charge in [0.05, 0.1) is 18.8 Å². The number of aryl methyl sites for hydroxylation is 5. The third-order valence-corrected chi connectivity index (χ3v) is 5.79. The lowest BCUT2D eigenvalue weighted by atomic mass is 10.0. The minimum absolute atomic E-state index is 0.0267. The maximum Gasteiger partial charge on any atom is 0.238 e. The molecular formula is C20H27N3OS. The molecule has 1 aliphatic carbocycles. The van der Waals surface area contributed by atoms with Crippen molar-refractivity contribution in [2.45, 2.75) is 53.0 Å². The Balaban J connectivity index is 1.58. The Labute approximate surface area is 154 Å². The van der Waals surface area contributed by atoms with E-state index in [4.69, 9.17) is 4.98 Å². The van der Waals surface area contributed by atoms with Crippen molar-refractivity contribution in [3.8, 4) is 0 Å². The molecule has 134 valence electrons. The van der Waals surface area contributed by atoms with Crippen LogP contribution in [-0.4, -0.2) is 29.4 Å². The number of anilines is 1. The molecule has 0 bridgehead atoms. The molecule has 1 aliphatic rings. The molecule has 1 amide bonds. The van der Waals surface area contributed by atoms with Crippen molar-refractivity contribution in [2.24, 2.45) is 0 Å². The van der Waals surface area contributed by atoms with E-state index < -0.39 is 0 Å². The van der Waals surface area contributed by atoms with Gasteiger partial charge in [0.25, 0.3) is 0 Å². The van der Waals surface area contributed by atoms with E-state index in [1.807, 2.05) is 37.1 Å². The molecule has 25 heavy (non-hydrogen) atoms. The van der Waals surface area contributed by atoms with Crippen LogP contribution in [0.4, 0.5) is 5.69 Å². The van der Waals surface area contributed by atoms with Crippen molar-refractivity contribution < 1.29 is 4.79 Å². The normalized spacial score (nSPS) is 13.8. The molecular weight excluding hydrogens is 330 g/mol. The van der Waals surface area contributed by atoms with Gasteiger partial charge in [-0.2, -0.15) is 0 Å². The Morgan fingerprint density at radius 2 is 1.88 bits per heavy atom. The Hall–Kier alpha value is -1.72. The lowest BCUT2D eigenvalue weighted by Gasteiger charge is -2.17. The third kappa shape index (κ3) is 4.47. The predicted molar refractivity (Wildman–Crippen MR) is 104 cm³/mol. The van der Waals surface area contributed by atoms with E-state index in [1.54, 1.807) is 0 Å². The minimum Gasteiger partial charge on any atom is -0.324 e. The summed E-state index contributed by atoms with van der Waals surface area (Å²) in [5.41, 5.74) is 5.67. The maximum absolute atomic E-state index is 12.4. The van der Waals surface area contributed by atoms with Gasteiger partial charge in [-0.05, 0) is 64.6 Å². The van der Waals surface area contributed by atoms with Gasteiger partial charge in [0, 0.05) is 10.6 Å². The van der Waals surface area contributed by atoms with E-state index in [9.17, 15) is 4.79 Å². The number of benzene rings is 1. The average molecular weight is 358 g/mol. The standard InChI is InChI=1S/C20H27N3OS/c1-13-9-14(2)20(15(3)10-13)22-18(24)11-23(4)12-19-21-16-7-5-6-8-17(16)25-19/h9-10H,5-8,11-12H2,1-4H3,(H,22,24). The number of carbonyl (C=O) groups excluding carboxylic acids is 1. The fourth-order valence-electron chi connectivity index (χ4n) is 3.56. The molecule has 0 fully saturated rings. The molecule has 0 saturated carbocycles. The largest absolute Gasteiger partial charge is 0.324 e. The van der Waals surface area contributed by atoms with Crippen molar-refractivity contribution in [1.29, 1.82) is 0 Å². The third-order valence-electron chi connectivity index (χ3n) is 4.65. The van der Waals surface area contributed by atoms with Crippen molar-refractivity contribution in [3.05, 3.63) is 44.4 Å². The Kier molecular flexibility index (Phi) is 5.54. The molecule has 1 aromatic carbocycles. The number of nitrogens with one attached hydrogen (secondary N) is 1. The van der Waals surface area contributed by atoms with Crippen LogP contribution < -0.4 is 5.32 Å². The van der Waals surface area contributed by atoms with Gasteiger partial charge in [0.2, 0.25) is 5.91 Å².